The molecule has 2 atom stereocenters. The zero-order valence-electron chi connectivity index (χ0n) is 17.8. The van der Waals surface area contributed by atoms with Crippen LogP contribution < -0.4 is 0 Å². The van der Waals surface area contributed by atoms with Crippen molar-refractivity contribution in [1.29, 1.82) is 0 Å². The fraction of sp³-hybridized carbons (Fsp3) is 0.200. The molecule has 0 amide bonds. The minimum atomic E-state index is -4.95. The molecule has 172 valence electrons. The van der Waals surface area contributed by atoms with Gasteiger partial charge in [-0.1, -0.05) is 54.9 Å². The van der Waals surface area contributed by atoms with Crippen LogP contribution in [0.2, 0.25) is 5.02 Å². The van der Waals surface area contributed by atoms with Gasteiger partial charge in [0, 0.05) is 22.8 Å². The average molecular weight is 476 g/mol. The molecule has 4 nitrogen and oxygen atoms in total. The highest BCUT2D eigenvalue weighted by molar-refractivity contribution is 6.31. The number of benzene rings is 2. The van der Waals surface area contributed by atoms with E-state index in [-0.39, 0.29) is 21.7 Å². The number of pyridine rings is 1. The lowest BCUT2D eigenvalue weighted by Crippen LogP contribution is -2.46. The Morgan fingerprint density at radius 2 is 1.64 bits per heavy atom. The Morgan fingerprint density at radius 1 is 1.03 bits per heavy atom. The van der Waals surface area contributed by atoms with Gasteiger partial charge < -0.3 is 10.2 Å². The fourth-order valence-corrected chi connectivity index (χ4v) is 3.95. The minimum absolute atomic E-state index is 0.0827. The maximum absolute atomic E-state index is 14.1. The Kier molecular flexibility index (Phi) is 6.95. The Morgan fingerprint density at radius 3 is 2.18 bits per heavy atom. The molecule has 2 N–H and O–H groups in total. The number of carboxylic acids is 1. The van der Waals surface area contributed by atoms with Crippen molar-refractivity contribution in [1.82, 2.24) is 4.98 Å². The van der Waals surface area contributed by atoms with Gasteiger partial charge in [0.05, 0.1) is 5.56 Å². The monoisotopic (exact) mass is 475 g/mol. The molecular weight excluding hydrogens is 455 g/mol. The van der Waals surface area contributed by atoms with Gasteiger partial charge in [0.15, 0.2) is 5.60 Å². The normalized spacial score (nSPS) is 14.8. The number of aryl methyl sites for hydroxylation is 1. The minimum Gasteiger partial charge on any atom is -0.478 e. The van der Waals surface area contributed by atoms with Gasteiger partial charge in [-0.15, -0.1) is 0 Å². The van der Waals surface area contributed by atoms with E-state index in [1.54, 1.807) is 37.3 Å². The highest BCUT2D eigenvalue weighted by atomic mass is 35.5. The van der Waals surface area contributed by atoms with E-state index in [9.17, 15) is 23.1 Å². The molecule has 0 saturated heterocycles. The lowest BCUT2D eigenvalue weighted by molar-refractivity contribution is -0.274. The molecule has 0 saturated carbocycles. The summed E-state index contributed by atoms with van der Waals surface area (Å²) in [7, 11) is 0. The quantitative estimate of drug-likeness (QED) is 0.401. The van der Waals surface area contributed by atoms with Crippen LogP contribution in [0.5, 0.6) is 0 Å². The summed E-state index contributed by atoms with van der Waals surface area (Å²) in [5, 5.41) is 19.9. The number of carboxylic acid groups (broad SMARTS) is 1. The highest BCUT2D eigenvalue weighted by Crippen LogP contribution is 2.49. The Balaban J connectivity index is 1.92. The Labute approximate surface area is 194 Å². The summed E-state index contributed by atoms with van der Waals surface area (Å²) in [5.41, 5.74) is -1.43. The topological polar surface area (TPSA) is 70.4 Å². The first-order chi connectivity index (χ1) is 15.4. The number of alkyl halides is 3. The molecule has 0 spiro atoms. The highest BCUT2D eigenvalue weighted by Gasteiger charge is 2.59. The number of hydrogen-bond donors (Lipinski definition) is 2. The van der Waals surface area contributed by atoms with Crippen LogP contribution in [0, 0.1) is 6.92 Å². The zero-order chi connectivity index (χ0) is 24.4. The maximum atomic E-state index is 14.1. The van der Waals surface area contributed by atoms with Crippen molar-refractivity contribution in [2.24, 2.45) is 0 Å². The predicted octanol–water partition coefficient (Wildman–Crippen LogP) is 6.47. The number of aliphatic hydroxyl groups is 1. The molecule has 8 heteroatoms. The molecule has 33 heavy (non-hydrogen) atoms. The van der Waals surface area contributed by atoms with Crippen LogP contribution in [0.3, 0.4) is 0 Å². The van der Waals surface area contributed by atoms with Gasteiger partial charge in [0.25, 0.3) is 0 Å². The van der Waals surface area contributed by atoms with Crippen LogP contribution >= 0.6 is 11.6 Å². The second-order valence-electron chi connectivity index (χ2n) is 7.71. The summed E-state index contributed by atoms with van der Waals surface area (Å²) in [5.74, 6) is -2.42. The van der Waals surface area contributed by atoms with E-state index >= 15 is 0 Å². The fourth-order valence-electron chi connectivity index (χ4n) is 3.59. The third-order valence-electron chi connectivity index (χ3n) is 5.51. The second kappa shape index (κ2) is 9.37. The molecule has 0 radical (unpaired) electrons. The smallest absolute Gasteiger partial charge is 0.422 e. The van der Waals surface area contributed by atoms with Crippen LogP contribution in [0.4, 0.5) is 13.2 Å². The van der Waals surface area contributed by atoms with Crippen LogP contribution in [0.25, 0.3) is 12.2 Å². The van der Waals surface area contributed by atoms with E-state index < -0.39 is 23.7 Å². The molecule has 0 aliphatic rings. The first-order valence-corrected chi connectivity index (χ1v) is 10.3. The van der Waals surface area contributed by atoms with Crippen LogP contribution in [-0.4, -0.2) is 27.3 Å². The molecule has 0 aliphatic heterocycles. The lowest BCUT2D eigenvalue weighted by Gasteiger charge is -2.37. The van der Waals surface area contributed by atoms with Gasteiger partial charge in [-0.3, -0.25) is 4.98 Å². The van der Waals surface area contributed by atoms with Crippen molar-refractivity contribution in [3.05, 3.63) is 99.3 Å². The number of aromatic carboxylic acids is 1. The molecular formula is C25H21ClF3NO3. The van der Waals surface area contributed by atoms with Crippen LogP contribution in [-0.2, 0) is 5.60 Å². The van der Waals surface area contributed by atoms with Gasteiger partial charge in [-0.25, -0.2) is 4.79 Å². The number of carbonyl (C=O) groups is 1. The number of halogens is 4. The summed E-state index contributed by atoms with van der Waals surface area (Å²) in [6.45, 7) is 2.83. The van der Waals surface area contributed by atoms with Gasteiger partial charge in [0.1, 0.15) is 0 Å². The van der Waals surface area contributed by atoms with Crippen molar-refractivity contribution >= 4 is 29.7 Å². The van der Waals surface area contributed by atoms with E-state index in [1.165, 1.54) is 43.5 Å². The molecule has 0 fully saturated rings. The van der Waals surface area contributed by atoms with Crippen LogP contribution in [0.1, 0.15) is 51.1 Å². The van der Waals surface area contributed by atoms with E-state index in [2.05, 4.69) is 4.98 Å². The molecule has 0 bridgehead atoms. The Hall–Kier alpha value is -3.16. The lowest BCUT2D eigenvalue weighted by atomic mass is 9.77. The molecule has 0 aliphatic carbocycles. The average Bonchev–Trinajstić information content (AvgIpc) is 2.76. The van der Waals surface area contributed by atoms with Gasteiger partial charge in [-0.2, -0.15) is 13.2 Å². The summed E-state index contributed by atoms with van der Waals surface area (Å²) in [6.07, 6.45) is -0.290. The van der Waals surface area contributed by atoms with Gasteiger partial charge in [0.2, 0.25) is 0 Å². The first-order valence-electron chi connectivity index (χ1n) is 9.96. The first kappa shape index (κ1) is 24.5. The van der Waals surface area contributed by atoms with E-state index in [0.29, 0.717) is 11.3 Å². The molecule has 1 heterocycles. The molecule has 2 unspecified atom stereocenters. The van der Waals surface area contributed by atoms with Crippen molar-refractivity contribution in [3.8, 4) is 0 Å². The molecule has 3 aromatic rings. The second-order valence-corrected chi connectivity index (χ2v) is 8.12. The summed E-state index contributed by atoms with van der Waals surface area (Å²) < 4.78 is 42.3. The van der Waals surface area contributed by atoms with E-state index in [0.717, 1.165) is 11.6 Å². The van der Waals surface area contributed by atoms with Crippen molar-refractivity contribution < 1.29 is 28.2 Å². The number of aromatic nitrogens is 1. The zero-order valence-corrected chi connectivity index (χ0v) is 18.5. The standard InChI is InChI=1S/C25H21ClF3NO3/c1-15-13-20(11-12-30-15)24(33,25(27,28)29)16(2)21-10-7-18(14-22(21)26)4-3-17-5-8-19(9-6-17)23(31)32/h3-14,16,33H,1-2H3,(H,31,32)/b4-3+. The largest absolute Gasteiger partial charge is 0.478 e. The predicted molar refractivity (Wildman–Crippen MR) is 121 cm³/mol. The third kappa shape index (κ3) is 5.10. The SMILES string of the molecule is Cc1cc(C(O)(C(C)c2ccc(/C=C/c3ccc(C(=O)O)cc3)cc2Cl)C(F)(F)F)ccn1. The number of nitrogens with zero attached hydrogens (tertiary/aromatic N) is 1. The summed E-state index contributed by atoms with van der Waals surface area (Å²) >= 11 is 6.35. The van der Waals surface area contributed by atoms with Crippen molar-refractivity contribution in [2.75, 3.05) is 0 Å². The summed E-state index contributed by atoms with van der Waals surface area (Å²) in [4.78, 5) is 14.8. The number of rotatable bonds is 6. The van der Waals surface area contributed by atoms with Gasteiger partial charge >= 0.3 is 12.1 Å². The molecule has 3 rings (SSSR count). The molecule has 2 aromatic carbocycles. The Bertz CT molecular complexity index is 1190. The van der Waals surface area contributed by atoms with Gasteiger partial charge in [-0.05, 0) is 59.5 Å². The van der Waals surface area contributed by atoms with Crippen molar-refractivity contribution in [3.63, 3.8) is 0 Å². The van der Waals surface area contributed by atoms with Crippen LogP contribution in [0.15, 0.2) is 60.8 Å². The number of hydrogen-bond acceptors (Lipinski definition) is 3. The van der Waals surface area contributed by atoms with E-state index in [4.69, 9.17) is 16.7 Å². The van der Waals surface area contributed by atoms with E-state index in [1.807, 2.05) is 0 Å². The maximum Gasteiger partial charge on any atom is 0.422 e. The summed E-state index contributed by atoms with van der Waals surface area (Å²) in [6, 6.07) is 13.2. The van der Waals surface area contributed by atoms with Crippen molar-refractivity contribution in [2.45, 2.75) is 31.5 Å². The third-order valence-corrected chi connectivity index (χ3v) is 5.84. The molecule has 1 aromatic heterocycles.